The zero-order valence-corrected chi connectivity index (χ0v) is 8.93. The summed E-state index contributed by atoms with van der Waals surface area (Å²) in [6.07, 6.45) is 2.87. The maximum absolute atomic E-state index is 12.8. The molecule has 0 unspecified atom stereocenters. The molecule has 0 amide bonds. The molecule has 2 rings (SSSR count). The number of hydrogen-bond acceptors (Lipinski definition) is 2. The molecule has 0 fully saturated rings. The van der Waals surface area contributed by atoms with Crippen LogP contribution >= 0.6 is 23.2 Å². The van der Waals surface area contributed by atoms with E-state index in [-0.39, 0.29) is 5.02 Å². The van der Waals surface area contributed by atoms with Crippen molar-refractivity contribution >= 4 is 23.2 Å². The molecule has 0 aliphatic carbocycles. The van der Waals surface area contributed by atoms with Crippen molar-refractivity contribution in [2.24, 2.45) is 0 Å². The monoisotopic (exact) mass is 242 g/mol. The minimum Gasteiger partial charge on any atom is -0.244 e. The lowest BCUT2D eigenvalue weighted by Crippen LogP contribution is -1.87. The number of aromatic nitrogens is 2. The first-order valence-electron chi connectivity index (χ1n) is 4.09. The lowest BCUT2D eigenvalue weighted by atomic mass is 10.1. The van der Waals surface area contributed by atoms with Crippen molar-refractivity contribution in [3.05, 3.63) is 46.7 Å². The third-order valence-corrected chi connectivity index (χ3v) is 2.50. The van der Waals surface area contributed by atoms with Crippen LogP contribution in [0.4, 0.5) is 4.39 Å². The van der Waals surface area contributed by atoms with Crippen LogP contribution in [-0.2, 0) is 0 Å². The van der Waals surface area contributed by atoms with Gasteiger partial charge in [0.15, 0.2) is 0 Å². The molecule has 0 aliphatic rings. The van der Waals surface area contributed by atoms with E-state index in [9.17, 15) is 4.39 Å². The van der Waals surface area contributed by atoms with Crippen LogP contribution in [0.3, 0.4) is 0 Å². The Morgan fingerprint density at radius 1 is 1.13 bits per heavy atom. The van der Waals surface area contributed by atoms with E-state index >= 15 is 0 Å². The number of benzene rings is 1. The molecule has 1 aromatic heterocycles. The topological polar surface area (TPSA) is 25.8 Å². The SMILES string of the molecule is Fc1ccc(-c2cncnc2Cl)c(Cl)c1. The van der Waals surface area contributed by atoms with Gasteiger partial charge in [-0.25, -0.2) is 14.4 Å². The summed E-state index contributed by atoms with van der Waals surface area (Å²) < 4.78 is 12.8. The standard InChI is InChI=1S/C10H5Cl2FN2/c11-9-3-6(13)1-2-7(9)8-4-14-5-15-10(8)12/h1-5H. The molecule has 0 atom stereocenters. The highest BCUT2D eigenvalue weighted by molar-refractivity contribution is 6.35. The third-order valence-electron chi connectivity index (χ3n) is 1.88. The van der Waals surface area contributed by atoms with E-state index in [0.29, 0.717) is 16.3 Å². The maximum Gasteiger partial charge on any atom is 0.140 e. The van der Waals surface area contributed by atoms with Gasteiger partial charge >= 0.3 is 0 Å². The molecule has 76 valence electrons. The van der Waals surface area contributed by atoms with Gasteiger partial charge in [0.2, 0.25) is 0 Å². The van der Waals surface area contributed by atoms with Crippen LogP contribution in [0, 0.1) is 5.82 Å². The first-order chi connectivity index (χ1) is 7.18. The average molecular weight is 243 g/mol. The molecule has 0 saturated carbocycles. The molecular formula is C10H5Cl2FN2. The first kappa shape index (κ1) is 10.3. The summed E-state index contributed by atoms with van der Waals surface area (Å²) >= 11 is 11.7. The van der Waals surface area contributed by atoms with E-state index in [1.165, 1.54) is 24.7 Å². The van der Waals surface area contributed by atoms with Crippen molar-refractivity contribution in [2.45, 2.75) is 0 Å². The summed E-state index contributed by atoms with van der Waals surface area (Å²) in [6, 6.07) is 4.08. The van der Waals surface area contributed by atoms with Gasteiger partial charge in [0, 0.05) is 17.3 Å². The Morgan fingerprint density at radius 2 is 1.93 bits per heavy atom. The smallest absolute Gasteiger partial charge is 0.140 e. The van der Waals surface area contributed by atoms with Gasteiger partial charge in [-0.3, -0.25) is 0 Å². The quantitative estimate of drug-likeness (QED) is 0.715. The molecule has 1 aromatic carbocycles. The summed E-state index contributed by atoms with van der Waals surface area (Å²) in [5.74, 6) is -0.392. The minimum absolute atomic E-state index is 0.284. The molecule has 0 spiro atoms. The molecule has 2 aromatic rings. The van der Waals surface area contributed by atoms with E-state index in [0.717, 1.165) is 0 Å². The Labute approximate surface area is 95.7 Å². The van der Waals surface area contributed by atoms with Gasteiger partial charge in [0.25, 0.3) is 0 Å². The zero-order valence-electron chi connectivity index (χ0n) is 7.42. The van der Waals surface area contributed by atoms with Crippen molar-refractivity contribution in [2.75, 3.05) is 0 Å². The Hall–Kier alpha value is -1.19. The van der Waals surface area contributed by atoms with Gasteiger partial charge in [-0.15, -0.1) is 0 Å². The summed E-state index contributed by atoms with van der Waals surface area (Å²) in [7, 11) is 0. The summed E-state index contributed by atoms with van der Waals surface area (Å²) in [5, 5.41) is 0.574. The molecule has 15 heavy (non-hydrogen) atoms. The fraction of sp³-hybridized carbons (Fsp3) is 0. The predicted octanol–water partition coefficient (Wildman–Crippen LogP) is 3.59. The van der Waals surface area contributed by atoms with Gasteiger partial charge in [-0.05, 0) is 18.2 Å². The zero-order chi connectivity index (χ0) is 10.8. The molecule has 0 radical (unpaired) electrons. The molecule has 1 heterocycles. The Kier molecular flexibility index (Phi) is 2.84. The average Bonchev–Trinajstić information content (AvgIpc) is 2.20. The molecule has 0 N–H and O–H groups in total. The van der Waals surface area contributed by atoms with Crippen molar-refractivity contribution in [3.63, 3.8) is 0 Å². The van der Waals surface area contributed by atoms with Gasteiger partial charge in [-0.1, -0.05) is 23.2 Å². The fourth-order valence-corrected chi connectivity index (χ4v) is 1.67. The second-order valence-corrected chi connectivity index (χ2v) is 3.62. The molecule has 0 bridgehead atoms. The van der Waals surface area contributed by atoms with Gasteiger partial charge in [-0.2, -0.15) is 0 Å². The highest BCUT2D eigenvalue weighted by Crippen LogP contribution is 2.31. The molecule has 0 aliphatic heterocycles. The number of halogens is 3. The first-order valence-corrected chi connectivity index (χ1v) is 4.85. The van der Waals surface area contributed by atoms with E-state index in [4.69, 9.17) is 23.2 Å². The van der Waals surface area contributed by atoms with Gasteiger partial charge in [0.1, 0.15) is 17.3 Å². The summed E-state index contributed by atoms with van der Waals surface area (Å²) in [5.41, 5.74) is 1.20. The summed E-state index contributed by atoms with van der Waals surface area (Å²) in [6.45, 7) is 0. The fourth-order valence-electron chi connectivity index (χ4n) is 1.20. The third kappa shape index (κ3) is 2.08. The van der Waals surface area contributed by atoms with Crippen LogP contribution in [0.5, 0.6) is 0 Å². The molecule has 0 saturated heterocycles. The number of rotatable bonds is 1. The van der Waals surface area contributed by atoms with E-state index in [1.807, 2.05) is 0 Å². The van der Waals surface area contributed by atoms with E-state index < -0.39 is 5.82 Å². The van der Waals surface area contributed by atoms with Gasteiger partial charge in [0.05, 0.1) is 5.02 Å². The Balaban J connectivity index is 2.60. The van der Waals surface area contributed by atoms with Gasteiger partial charge < -0.3 is 0 Å². The van der Waals surface area contributed by atoms with E-state index in [1.54, 1.807) is 6.07 Å². The van der Waals surface area contributed by atoms with Crippen LogP contribution in [0.2, 0.25) is 10.2 Å². The van der Waals surface area contributed by atoms with Crippen molar-refractivity contribution < 1.29 is 4.39 Å². The summed E-state index contributed by atoms with van der Waals surface area (Å²) in [4.78, 5) is 7.66. The second-order valence-electron chi connectivity index (χ2n) is 2.85. The normalized spacial score (nSPS) is 10.3. The van der Waals surface area contributed by atoms with Crippen molar-refractivity contribution in [1.82, 2.24) is 9.97 Å². The Morgan fingerprint density at radius 3 is 2.60 bits per heavy atom. The lowest BCUT2D eigenvalue weighted by molar-refractivity contribution is 0.628. The highest BCUT2D eigenvalue weighted by atomic mass is 35.5. The van der Waals surface area contributed by atoms with Crippen LogP contribution in [-0.4, -0.2) is 9.97 Å². The predicted molar refractivity (Wildman–Crippen MR) is 57.4 cm³/mol. The second kappa shape index (κ2) is 4.13. The highest BCUT2D eigenvalue weighted by Gasteiger charge is 2.09. The minimum atomic E-state index is -0.392. The van der Waals surface area contributed by atoms with Crippen molar-refractivity contribution in [1.29, 1.82) is 0 Å². The van der Waals surface area contributed by atoms with Crippen LogP contribution in [0.1, 0.15) is 0 Å². The molecule has 2 nitrogen and oxygen atoms in total. The van der Waals surface area contributed by atoms with Crippen LogP contribution < -0.4 is 0 Å². The Bertz CT molecular complexity index is 503. The van der Waals surface area contributed by atoms with Crippen LogP contribution in [0.25, 0.3) is 11.1 Å². The molecular weight excluding hydrogens is 238 g/mol. The largest absolute Gasteiger partial charge is 0.244 e. The lowest BCUT2D eigenvalue weighted by Gasteiger charge is -2.04. The van der Waals surface area contributed by atoms with Crippen LogP contribution in [0.15, 0.2) is 30.7 Å². The van der Waals surface area contributed by atoms with Crippen molar-refractivity contribution in [3.8, 4) is 11.1 Å². The number of hydrogen-bond donors (Lipinski definition) is 0. The number of nitrogens with zero attached hydrogens (tertiary/aromatic N) is 2. The molecule has 5 heteroatoms. The maximum atomic E-state index is 12.8. The van der Waals surface area contributed by atoms with E-state index in [2.05, 4.69) is 9.97 Å².